The highest BCUT2D eigenvalue weighted by atomic mass is 16.5. The number of aryl methyl sites for hydroxylation is 1. The lowest BCUT2D eigenvalue weighted by molar-refractivity contribution is -0.141. The topological polar surface area (TPSA) is 86.6 Å². The van der Waals surface area contributed by atoms with Crippen molar-refractivity contribution in [2.24, 2.45) is 0 Å². The summed E-state index contributed by atoms with van der Waals surface area (Å²) in [6.07, 6.45) is 1.50. The van der Waals surface area contributed by atoms with Gasteiger partial charge in [-0.3, -0.25) is 14.4 Å². The van der Waals surface area contributed by atoms with E-state index < -0.39 is 5.97 Å². The minimum absolute atomic E-state index is 0.0369. The smallest absolute Gasteiger partial charge is 0.325 e. The fourth-order valence-corrected chi connectivity index (χ4v) is 2.12. The number of carbonyl (C=O) groups is 2. The number of nitrogens with zero attached hydrogens (tertiary/aromatic N) is 1. The number of methoxy groups -OCH3 is 1. The third kappa shape index (κ3) is 5.49. The van der Waals surface area contributed by atoms with E-state index in [9.17, 15) is 14.4 Å². The number of amides is 1. The zero-order valence-electron chi connectivity index (χ0n) is 14.2. The van der Waals surface area contributed by atoms with Gasteiger partial charge in [0.25, 0.3) is 0 Å². The van der Waals surface area contributed by atoms with Crippen molar-refractivity contribution in [3.05, 3.63) is 64.1 Å². The molecule has 2 aromatic rings. The van der Waals surface area contributed by atoms with E-state index in [0.717, 1.165) is 5.56 Å². The van der Waals surface area contributed by atoms with Crippen LogP contribution in [0.5, 0.6) is 5.75 Å². The number of carbonyl (C=O) groups excluding carboxylic acids is 2. The normalized spacial score (nSPS) is 10.2. The van der Waals surface area contributed by atoms with E-state index in [0.29, 0.717) is 5.69 Å². The van der Waals surface area contributed by atoms with Crippen molar-refractivity contribution in [2.45, 2.75) is 20.1 Å². The van der Waals surface area contributed by atoms with Crippen LogP contribution in [0.15, 0.2) is 47.4 Å². The molecule has 0 saturated carbocycles. The highest BCUT2D eigenvalue weighted by Crippen LogP contribution is 2.09. The standard InChI is InChI=1S/C18H20N2O5/c1-13-8-15(21)16(25-12-14-6-4-3-5-7-14)10-20(13)11-17(22)19-9-18(23)24-2/h3-8,10H,9,11-12H2,1-2H3,(H,19,22). The fraction of sp³-hybridized carbons (Fsp3) is 0.278. The van der Waals surface area contributed by atoms with E-state index in [1.54, 1.807) is 11.5 Å². The molecule has 0 radical (unpaired) electrons. The molecule has 0 fully saturated rings. The maximum atomic E-state index is 12.1. The number of hydrogen-bond acceptors (Lipinski definition) is 5. The van der Waals surface area contributed by atoms with Crippen LogP contribution in [0, 0.1) is 6.92 Å². The second kappa shape index (κ2) is 8.68. The van der Waals surface area contributed by atoms with Crippen LogP contribution in [0.1, 0.15) is 11.3 Å². The molecule has 0 saturated heterocycles. The summed E-state index contributed by atoms with van der Waals surface area (Å²) in [6.45, 7) is 1.74. The van der Waals surface area contributed by atoms with Gasteiger partial charge in [-0.25, -0.2) is 0 Å². The highest BCUT2D eigenvalue weighted by molar-refractivity contribution is 5.81. The first-order valence-corrected chi connectivity index (χ1v) is 7.71. The van der Waals surface area contributed by atoms with E-state index in [1.165, 1.54) is 19.4 Å². The molecule has 1 heterocycles. The first-order valence-electron chi connectivity index (χ1n) is 7.71. The summed E-state index contributed by atoms with van der Waals surface area (Å²) in [5, 5.41) is 2.45. The number of hydrogen-bond donors (Lipinski definition) is 1. The Balaban J connectivity index is 2.05. The van der Waals surface area contributed by atoms with Gasteiger partial charge in [0, 0.05) is 11.8 Å². The van der Waals surface area contributed by atoms with Crippen LogP contribution >= 0.6 is 0 Å². The average molecular weight is 344 g/mol. The molecular formula is C18H20N2O5. The van der Waals surface area contributed by atoms with Crippen molar-refractivity contribution in [3.8, 4) is 5.75 Å². The molecule has 1 N–H and O–H groups in total. The minimum Gasteiger partial charge on any atom is -0.483 e. The van der Waals surface area contributed by atoms with Crippen molar-refractivity contribution in [1.29, 1.82) is 0 Å². The number of rotatable bonds is 7. The van der Waals surface area contributed by atoms with Gasteiger partial charge in [-0.05, 0) is 12.5 Å². The van der Waals surface area contributed by atoms with Gasteiger partial charge in [0.2, 0.25) is 11.3 Å². The Morgan fingerprint density at radius 3 is 2.60 bits per heavy atom. The van der Waals surface area contributed by atoms with Gasteiger partial charge in [-0.2, -0.15) is 0 Å². The van der Waals surface area contributed by atoms with E-state index in [-0.39, 0.29) is 36.8 Å². The Hall–Kier alpha value is -3.09. The number of aromatic nitrogens is 1. The molecule has 132 valence electrons. The van der Waals surface area contributed by atoms with Gasteiger partial charge in [0.15, 0.2) is 5.75 Å². The van der Waals surface area contributed by atoms with Crippen LogP contribution < -0.4 is 15.5 Å². The summed E-state index contributed by atoms with van der Waals surface area (Å²) in [5.74, 6) is -0.738. The van der Waals surface area contributed by atoms with Crippen molar-refractivity contribution in [1.82, 2.24) is 9.88 Å². The van der Waals surface area contributed by atoms with Crippen LogP contribution in [-0.2, 0) is 27.5 Å². The average Bonchev–Trinajstić information content (AvgIpc) is 2.61. The monoisotopic (exact) mass is 344 g/mol. The molecule has 1 aromatic heterocycles. The van der Waals surface area contributed by atoms with Gasteiger partial charge in [0.1, 0.15) is 19.7 Å². The summed E-state index contributed by atoms with van der Waals surface area (Å²) < 4.78 is 11.6. The molecule has 0 unspecified atom stereocenters. The Kier molecular flexibility index (Phi) is 6.33. The highest BCUT2D eigenvalue weighted by Gasteiger charge is 2.10. The SMILES string of the molecule is COC(=O)CNC(=O)Cn1cc(OCc2ccccc2)c(=O)cc1C. The molecule has 7 nitrogen and oxygen atoms in total. The third-order valence-corrected chi connectivity index (χ3v) is 3.52. The lowest BCUT2D eigenvalue weighted by Gasteiger charge is -2.13. The Labute approximate surface area is 145 Å². The van der Waals surface area contributed by atoms with Gasteiger partial charge >= 0.3 is 5.97 Å². The van der Waals surface area contributed by atoms with Gasteiger partial charge < -0.3 is 19.4 Å². The summed E-state index contributed by atoms with van der Waals surface area (Å²) >= 11 is 0. The zero-order valence-corrected chi connectivity index (χ0v) is 14.2. The Bertz CT molecular complexity index is 799. The van der Waals surface area contributed by atoms with Crippen molar-refractivity contribution in [3.63, 3.8) is 0 Å². The molecular weight excluding hydrogens is 324 g/mol. The number of nitrogens with one attached hydrogen (secondary N) is 1. The van der Waals surface area contributed by atoms with Gasteiger partial charge in [0.05, 0.1) is 13.3 Å². The number of esters is 1. The molecule has 7 heteroatoms. The van der Waals surface area contributed by atoms with Crippen molar-refractivity contribution < 1.29 is 19.1 Å². The van der Waals surface area contributed by atoms with Gasteiger partial charge in [-0.1, -0.05) is 30.3 Å². The van der Waals surface area contributed by atoms with Crippen LogP contribution in [0.2, 0.25) is 0 Å². The largest absolute Gasteiger partial charge is 0.483 e. The molecule has 1 amide bonds. The lowest BCUT2D eigenvalue weighted by Crippen LogP contribution is -2.33. The second-order valence-corrected chi connectivity index (χ2v) is 5.40. The maximum Gasteiger partial charge on any atom is 0.325 e. The first kappa shape index (κ1) is 18.3. The molecule has 1 aromatic carbocycles. The van der Waals surface area contributed by atoms with Crippen LogP contribution in [0.4, 0.5) is 0 Å². The number of benzene rings is 1. The Morgan fingerprint density at radius 2 is 1.92 bits per heavy atom. The summed E-state index contributed by atoms with van der Waals surface area (Å²) in [6, 6.07) is 10.9. The van der Waals surface area contributed by atoms with E-state index in [4.69, 9.17) is 4.74 Å². The van der Waals surface area contributed by atoms with Crippen molar-refractivity contribution >= 4 is 11.9 Å². The maximum absolute atomic E-state index is 12.1. The molecule has 2 rings (SSSR count). The number of ether oxygens (including phenoxy) is 2. The third-order valence-electron chi connectivity index (χ3n) is 3.52. The predicted molar refractivity (Wildman–Crippen MR) is 91.2 cm³/mol. The second-order valence-electron chi connectivity index (χ2n) is 5.40. The fourth-order valence-electron chi connectivity index (χ4n) is 2.12. The van der Waals surface area contributed by atoms with Crippen LogP contribution in [0.3, 0.4) is 0 Å². The summed E-state index contributed by atoms with van der Waals surface area (Å²) in [4.78, 5) is 35.0. The Morgan fingerprint density at radius 1 is 1.20 bits per heavy atom. The molecule has 0 aliphatic carbocycles. The zero-order chi connectivity index (χ0) is 18.2. The van der Waals surface area contributed by atoms with Crippen LogP contribution in [0.25, 0.3) is 0 Å². The van der Waals surface area contributed by atoms with E-state index in [2.05, 4.69) is 10.1 Å². The molecule has 0 aliphatic rings. The molecule has 25 heavy (non-hydrogen) atoms. The summed E-state index contributed by atoms with van der Waals surface area (Å²) in [7, 11) is 1.25. The number of pyridine rings is 1. The summed E-state index contributed by atoms with van der Waals surface area (Å²) in [5.41, 5.74) is 1.30. The quantitative estimate of drug-likeness (QED) is 0.758. The van der Waals surface area contributed by atoms with E-state index in [1.807, 2.05) is 30.3 Å². The van der Waals surface area contributed by atoms with Gasteiger partial charge in [-0.15, -0.1) is 0 Å². The van der Waals surface area contributed by atoms with Crippen LogP contribution in [-0.4, -0.2) is 30.1 Å². The molecule has 0 spiro atoms. The predicted octanol–water partition coefficient (Wildman–Crippen LogP) is 1.02. The molecule has 0 atom stereocenters. The van der Waals surface area contributed by atoms with E-state index >= 15 is 0 Å². The van der Waals surface area contributed by atoms with Crippen molar-refractivity contribution in [2.75, 3.05) is 13.7 Å². The first-order chi connectivity index (χ1) is 12.0. The minimum atomic E-state index is -0.531. The molecule has 0 aliphatic heterocycles. The molecule has 0 bridgehead atoms. The lowest BCUT2D eigenvalue weighted by atomic mass is 10.2.